The number of hydrogen-bond donors (Lipinski definition) is 1. The molecular formula is C4H7N4. The second-order valence-electron chi connectivity index (χ2n) is 1.75. The lowest BCUT2D eigenvalue weighted by Crippen LogP contribution is -1.90. The average molecular weight is 111 g/mol. The molecule has 1 N–H and O–H groups in total. The van der Waals surface area contributed by atoms with Crippen LogP contribution < -0.4 is 0 Å². The summed E-state index contributed by atoms with van der Waals surface area (Å²) in [5.41, 5.74) is 0. The Kier molecular flexibility index (Phi) is 1.24. The largest absolute Gasteiger partial charge is 0.242 e. The maximum atomic E-state index is 3.66. The van der Waals surface area contributed by atoms with E-state index in [1.54, 1.807) is 0 Å². The van der Waals surface area contributed by atoms with Gasteiger partial charge in [-0.25, -0.2) is 5.10 Å². The van der Waals surface area contributed by atoms with E-state index in [1.807, 2.05) is 13.8 Å². The fourth-order valence-electron chi connectivity index (χ4n) is 0.371. The summed E-state index contributed by atoms with van der Waals surface area (Å²) in [5, 5.41) is 13.1. The summed E-state index contributed by atoms with van der Waals surface area (Å²) in [5.74, 6) is 1.85. The number of hydrogen-bond acceptors (Lipinski definition) is 3. The summed E-state index contributed by atoms with van der Waals surface area (Å²) in [6.07, 6.45) is 0. The van der Waals surface area contributed by atoms with Gasteiger partial charge in [0.15, 0.2) is 5.82 Å². The van der Waals surface area contributed by atoms with Crippen LogP contribution in [0.1, 0.15) is 19.7 Å². The molecule has 1 radical (unpaired) electrons. The van der Waals surface area contributed by atoms with E-state index in [1.165, 1.54) is 0 Å². The SMILES string of the molecule is C[C](C)c1nnn[nH]1. The van der Waals surface area contributed by atoms with Gasteiger partial charge in [-0.1, -0.05) is 13.8 Å². The number of aromatic nitrogens is 4. The van der Waals surface area contributed by atoms with E-state index in [-0.39, 0.29) is 0 Å². The quantitative estimate of drug-likeness (QED) is 0.561. The van der Waals surface area contributed by atoms with Crippen molar-refractivity contribution in [2.24, 2.45) is 0 Å². The molecular weight excluding hydrogens is 104 g/mol. The highest BCUT2D eigenvalue weighted by Gasteiger charge is 2.00. The highest BCUT2D eigenvalue weighted by molar-refractivity contribution is 5.04. The first-order valence-corrected chi connectivity index (χ1v) is 2.35. The van der Waals surface area contributed by atoms with Gasteiger partial charge in [0.25, 0.3) is 0 Å². The normalized spacial score (nSPS) is 10.4. The molecule has 0 saturated heterocycles. The number of rotatable bonds is 1. The lowest BCUT2D eigenvalue weighted by molar-refractivity contribution is 0.881. The summed E-state index contributed by atoms with van der Waals surface area (Å²) in [4.78, 5) is 0. The predicted octanol–water partition coefficient (Wildman–Crippen LogP) is 0.162. The Morgan fingerprint density at radius 3 is 2.50 bits per heavy atom. The molecule has 4 heteroatoms. The van der Waals surface area contributed by atoms with Gasteiger partial charge in [-0.2, -0.15) is 0 Å². The molecule has 1 heterocycles. The fourth-order valence-corrected chi connectivity index (χ4v) is 0.371. The molecule has 43 valence electrons. The number of nitrogens with zero attached hydrogens (tertiary/aromatic N) is 3. The molecule has 1 aromatic heterocycles. The van der Waals surface area contributed by atoms with Crippen molar-refractivity contribution < 1.29 is 0 Å². The fraction of sp³-hybridized carbons (Fsp3) is 0.500. The molecule has 0 saturated carbocycles. The lowest BCUT2D eigenvalue weighted by atomic mass is 10.2. The second kappa shape index (κ2) is 1.90. The van der Waals surface area contributed by atoms with Crippen molar-refractivity contribution in [3.8, 4) is 0 Å². The molecule has 0 fully saturated rings. The Hall–Kier alpha value is -0.930. The van der Waals surface area contributed by atoms with Gasteiger partial charge in [-0.3, -0.25) is 0 Å². The van der Waals surface area contributed by atoms with Crippen LogP contribution in [0.15, 0.2) is 0 Å². The third-order valence-electron chi connectivity index (χ3n) is 0.819. The average Bonchev–Trinajstić information content (AvgIpc) is 2.12. The predicted molar refractivity (Wildman–Crippen MR) is 27.9 cm³/mol. The first-order valence-electron chi connectivity index (χ1n) is 2.35. The molecule has 0 aliphatic heterocycles. The Morgan fingerprint density at radius 2 is 2.25 bits per heavy atom. The molecule has 0 aromatic carbocycles. The van der Waals surface area contributed by atoms with Gasteiger partial charge in [0.05, 0.1) is 0 Å². The van der Waals surface area contributed by atoms with E-state index in [0.29, 0.717) is 0 Å². The molecule has 4 nitrogen and oxygen atoms in total. The molecule has 1 rings (SSSR count). The minimum atomic E-state index is 0.755. The highest BCUT2D eigenvalue weighted by Crippen LogP contribution is 2.01. The van der Waals surface area contributed by atoms with Crippen molar-refractivity contribution in [2.45, 2.75) is 13.8 Å². The van der Waals surface area contributed by atoms with Crippen LogP contribution in [0, 0.1) is 5.92 Å². The van der Waals surface area contributed by atoms with Gasteiger partial charge in [0, 0.05) is 5.92 Å². The van der Waals surface area contributed by atoms with E-state index in [9.17, 15) is 0 Å². The summed E-state index contributed by atoms with van der Waals surface area (Å²) < 4.78 is 0. The van der Waals surface area contributed by atoms with Crippen LogP contribution in [-0.4, -0.2) is 20.6 Å². The Morgan fingerprint density at radius 1 is 1.50 bits per heavy atom. The van der Waals surface area contributed by atoms with Gasteiger partial charge < -0.3 is 0 Å². The van der Waals surface area contributed by atoms with Crippen molar-refractivity contribution in [2.75, 3.05) is 0 Å². The first-order chi connectivity index (χ1) is 3.80. The van der Waals surface area contributed by atoms with Gasteiger partial charge in [-0.05, 0) is 10.4 Å². The molecule has 0 atom stereocenters. The van der Waals surface area contributed by atoms with Crippen LogP contribution in [0.3, 0.4) is 0 Å². The highest BCUT2D eigenvalue weighted by atomic mass is 15.5. The Bertz CT molecular complexity index is 143. The molecule has 0 aliphatic carbocycles. The van der Waals surface area contributed by atoms with Gasteiger partial charge in [0.2, 0.25) is 0 Å². The molecule has 8 heavy (non-hydrogen) atoms. The van der Waals surface area contributed by atoms with Crippen molar-refractivity contribution in [1.29, 1.82) is 0 Å². The maximum absolute atomic E-state index is 3.66. The molecule has 0 amide bonds. The molecule has 0 bridgehead atoms. The molecule has 0 spiro atoms. The lowest BCUT2D eigenvalue weighted by Gasteiger charge is -1.90. The molecule has 0 aliphatic rings. The third kappa shape index (κ3) is 0.828. The zero-order valence-corrected chi connectivity index (χ0v) is 4.84. The zero-order chi connectivity index (χ0) is 5.98. The summed E-state index contributed by atoms with van der Waals surface area (Å²) in [6.45, 7) is 3.89. The Balaban J connectivity index is 2.77. The van der Waals surface area contributed by atoms with Gasteiger partial charge >= 0.3 is 0 Å². The first kappa shape index (κ1) is 5.21. The molecule has 0 unspecified atom stereocenters. The van der Waals surface area contributed by atoms with E-state index in [2.05, 4.69) is 20.6 Å². The monoisotopic (exact) mass is 111 g/mol. The van der Waals surface area contributed by atoms with Crippen molar-refractivity contribution in [1.82, 2.24) is 20.6 Å². The summed E-state index contributed by atoms with van der Waals surface area (Å²) in [7, 11) is 0. The Labute approximate surface area is 47.3 Å². The van der Waals surface area contributed by atoms with Gasteiger partial charge in [-0.15, -0.1) is 5.10 Å². The zero-order valence-electron chi connectivity index (χ0n) is 4.84. The minimum absolute atomic E-state index is 0.755. The molecule has 1 aromatic rings. The minimum Gasteiger partial charge on any atom is -0.242 e. The van der Waals surface area contributed by atoms with Crippen molar-refractivity contribution in [3.05, 3.63) is 11.7 Å². The summed E-state index contributed by atoms with van der Waals surface area (Å²) in [6, 6.07) is 0. The third-order valence-corrected chi connectivity index (χ3v) is 0.819. The maximum Gasteiger partial charge on any atom is 0.155 e. The van der Waals surface area contributed by atoms with Gasteiger partial charge in [0.1, 0.15) is 0 Å². The van der Waals surface area contributed by atoms with E-state index in [0.717, 1.165) is 11.7 Å². The summed E-state index contributed by atoms with van der Waals surface area (Å²) >= 11 is 0. The van der Waals surface area contributed by atoms with Crippen LogP contribution in [0.2, 0.25) is 0 Å². The van der Waals surface area contributed by atoms with Crippen LogP contribution in [0.25, 0.3) is 0 Å². The van der Waals surface area contributed by atoms with Crippen molar-refractivity contribution >= 4 is 0 Å². The van der Waals surface area contributed by atoms with Crippen molar-refractivity contribution in [3.63, 3.8) is 0 Å². The second-order valence-corrected chi connectivity index (χ2v) is 1.75. The number of H-pyrrole nitrogens is 1. The topological polar surface area (TPSA) is 54.5 Å². The van der Waals surface area contributed by atoms with Crippen LogP contribution in [0.4, 0.5) is 0 Å². The number of aromatic amines is 1. The van der Waals surface area contributed by atoms with Crippen LogP contribution in [-0.2, 0) is 0 Å². The van der Waals surface area contributed by atoms with Crippen LogP contribution in [0.5, 0.6) is 0 Å². The standard InChI is InChI=1S/C4H7N4/c1-3(2)4-5-7-8-6-4/h1-2H3,(H,5,6,7,8). The van der Waals surface area contributed by atoms with E-state index < -0.39 is 0 Å². The number of nitrogens with one attached hydrogen (secondary N) is 1. The van der Waals surface area contributed by atoms with Crippen LogP contribution >= 0.6 is 0 Å². The number of tetrazole rings is 1. The smallest absolute Gasteiger partial charge is 0.155 e. The van der Waals surface area contributed by atoms with E-state index >= 15 is 0 Å². The van der Waals surface area contributed by atoms with E-state index in [4.69, 9.17) is 0 Å².